The Morgan fingerprint density at radius 2 is 1.08 bits per heavy atom. The van der Waals surface area contributed by atoms with Gasteiger partial charge in [-0.3, -0.25) is 0 Å². The number of nitrogens with zero attached hydrogens (tertiary/aromatic N) is 1. The van der Waals surface area contributed by atoms with Gasteiger partial charge in [0.05, 0.1) is 16.1 Å². The first-order chi connectivity index (χ1) is 18.9. The molecule has 0 saturated carbocycles. The Balaban J connectivity index is 1.51. The van der Waals surface area contributed by atoms with Crippen molar-refractivity contribution in [3.05, 3.63) is 140 Å². The Morgan fingerprint density at radius 1 is 0.421 bits per heavy atom. The van der Waals surface area contributed by atoms with Gasteiger partial charge in [-0.1, -0.05) is 109 Å². The molecule has 0 atom stereocenters. The third kappa shape index (κ3) is 3.17. The molecule has 0 saturated heterocycles. The average molecular weight is 502 g/mol. The Kier molecular flexibility index (Phi) is 4.76. The monoisotopic (exact) mass is 501 g/mol. The molecule has 1 nitrogen and oxygen atoms in total. The number of hydrogen-bond donors (Lipinski definition) is 0. The topological polar surface area (TPSA) is 3.24 Å². The highest BCUT2D eigenvalue weighted by Crippen LogP contribution is 2.47. The molecule has 0 aliphatic heterocycles. The van der Waals surface area contributed by atoms with Crippen molar-refractivity contribution >= 4 is 80.9 Å². The van der Waals surface area contributed by atoms with E-state index in [4.69, 9.17) is 0 Å². The third-order valence-corrected chi connectivity index (χ3v) is 8.81. The van der Waals surface area contributed by atoms with Gasteiger partial charge in [-0.05, 0) is 57.3 Å². The van der Waals surface area contributed by atoms with Crippen LogP contribution >= 0.6 is 11.3 Å². The van der Waals surface area contributed by atoms with Gasteiger partial charge in [0.2, 0.25) is 0 Å². The number of benzene rings is 7. The highest BCUT2D eigenvalue weighted by molar-refractivity contribution is 7.26. The van der Waals surface area contributed by atoms with Gasteiger partial charge in [0.25, 0.3) is 0 Å². The van der Waals surface area contributed by atoms with Crippen LogP contribution in [-0.2, 0) is 0 Å². The van der Waals surface area contributed by atoms with Crippen molar-refractivity contribution < 1.29 is 0 Å². The number of anilines is 3. The van der Waals surface area contributed by atoms with Crippen LogP contribution in [0.4, 0.5) is 17.1 Å². The lowest BCUT2D eigenvalue weighted by Crippen LogP contribution is -2.10. The second kappa shape index (κ2) is 8.44. The molecule has 8 aromatic rings. The van der Waals surface area contributed by atoms with Crippen LogP contribution in [0.5, 0.6) is 0 Å². The molecule has 0 radical (unpaired) electrons. The summed E-state index contributed by atoms with van der Waals surface area (Å²) in [4.78, 5) is 2.45. The molecule has 38 heavy (non-hydrogen) atoms. The lowest BCUT2D eigenvalue weighted by atomic mass is 9.94. The van der Waals surface area contributed by atoms with E-state index in [0.29, 0.717) is 0 Å². The van der Waals surface area contributed by atoms with E-state index in [1.54, 1.807) is 0 Å². The first-order valence-electron chi connectivity index (χ1n) is 13.0. The lowest BCUT2D eigenvalue weighted by molar-refractivity contribution is 1.32. The number of hydrogen-bond acceptors (Lipinski definition) is 2. The van der Waals surface area contributed by atoms with Crippen molar-refractivity contribution in [1.82, 2.24) is 0 Å². The van der Waals surface area contributed by atoms with Crippen LogP contribution < -0.4 is 4.90 Å². The highest BCUT2D eigenvalue weighted by atomic mass is 32.1. The third-order valence-electron chi connectivity index (χ3n) is 7.61. The summed E-state index contributed by atoms with van der Waals surface area (Å²) in [6, 6.07) is 50.7. The Morgan fingerprint density at radius 3 is 1.95 bits per heavy atom. The molecular formula is C36H23NS. The first-order valence-corrected chi connectivity index (χ1v) is 13.8. The standard InChI is InChI=1S/C36H23NS/c1-2-12-26(13-3-1)37(32-19-10-18-31-29-16-8-9-20-34(29)38-36(31)32)33-23-25-22-21-24-11-4-5-14-27(24)35(25)30-17-7-6-15-28(30)33/h1-23H. The summed E-state index contributed by atoms with van der Waals surface area (Å²) >= 11 is 1.88. The molecule has 1 aromatic heterocycles. The molecule has 0 unspecified atom stereocenters. The van der Waals surface area contributed by atoms with Gasteiger partial charge in [0.1, 0.15) is 0 Å². The highest BCUT2D eigenvalue weighted by Gasteiger charge is 2.21. The number of rotatable bonds is 3. The number of thiophene rings is 1. The minimum Gasteiger partial charge on any atom is -0.308 e. The van der Waals surface area contributed by atoms with E-state index in [-0.39, 0.29) is 0 Å². The molecule has 7 aromatic carbocycles. The van der Waals surface area contributed by atoms with Gasteiger partial charge in [0.15, 0.2) is 0 Å². The van der Waals surface area contributed by atoms with E-state index >= 15 is 0 Å². The average Bonchev–Trinajstić information content (AvgIpc) is 3.37. The number of fused-ring (bicyclic) bond motifs is 8. The quantitative estimate of drug-likeness (QED) is 0.218. The minimum atomic E-state index is 1.16. The van der Waals surface area contributed by atoms with Gasteiger partial charge in [-0.15, -0.1) is 11.3 Å². The van der Waals surface area contributed by atoms with Crippen LogP contribution in [0.15, 0.2) is 140 Å². The van der Waals surface area contributed by atoms with Crippen LogP contribution in [0.2, 0.25) is 0 Å². The summed E-state index contributed by atoms with van der Waals surface area (Å²) < 4.78 is 2.62. The minimum absolute atomic E-state index is 1.16. The molecular weight excluding hydrogens is 478 g/mol. The van der Waals surface area contributed by atoms with Crippen molar-refractivity contribution in [3.8, 4) is 0 Å². The van der Waals surface area contributed by atoms with Crippen LogP contribution in [0, 0.1) is 0 Å². The SMILES string of the molecule is c1ccc(N(c2cc3ccc4ccccc4c3c3ccccc23)c2cccc3c2sc2ccccc23)cc1. The van der Waals surface area contributed by atoms with Crippen molar-refractivity contribution in [2.45, 2.75) is 0 Å². The maximum absolute atomic E-state index is 2.45. The second-order valence-corrected chi connectivity index (χ2v) is 10.8. The molecule has 8 rings (SSSR count). The zero-order valence-corrected chi connectivity index (χ0v) is 21.5. The van der Waals surface area contributed by atoms with Crippen LogP contribution in [0.1, 0.15) is 0 Å². The molecule has 0 aliphatic rings. The molecule has 0 spiro atoms. The molecule has 0 aliphatic carbocycles. The van der Waals surface area contributed by atoms with Crippen molar-refractivity contribution in [1.29, 1.82) is 0 Å². The fraction of sp³-hybridized carbons (Fsp3) is 0. The van der Waals surface area contributed by atoms with E-state index in [1.165, 1.54) is 63.9 Å². The Labute approximate surface area is 224 Å². The van der Waals surface area contributed by atoms with E-state index in [0.717, 1.165) is 5.69 Å². The van der Waals surface area contributed by atoms with Crippen LogP contribution in [-0.4, -0.2) is 0 Å². The summed E-state index contributed by atoms with van der Waals surface area (Å²) in [5, 5.41) is 10.3. The second-order valence-electron chi connectivity index (χ2n) is 9.75. The van der Waals surface area contributed by atoms with Crippen molar-refractivity contribution in [2.24, 2.45) is 0 Å². The summed E-state index contributed by atoms with van der Waals surface area (Å²) in [5.74, 6) is 0. The van der Waals surface area contributed by atoms with Crippen molar-refractivity contribution in [3.63, 3.8) is 0 Å². The van der Waals surface area contributed by atoms with Gasteiger partial charge in [0, 0.05) is 26.5 Å². The maximum atomic E-state index is 2.45. The predicted molar refractivity (Wildman–Crippen MR) is 167 cm³/mol. The van der Waals surface area contributed by atoms with E-state index in [1.807, 2.05) is 11.3 Å². The van der Waals surface area contributed by atoms with E-state index in [2.05, 4.69) is 144 Å². The zero-order chi connectivity index (χ0) is 25.1. The summed E-state index contributed by atoms with van der Waals surface area (Å²) in [7, 11) is 0. The van der Waals surface area contributed by atoms with Crippen LogP contribution in [0.3, 0.4) is 0 Å². The molecule has 1 heterocycles. The van der Waals surface area contributed by atoms with Gasteiger partial charge in [-0.25, -0.2) is 0 Å². The summed E-state index contributed by atoms with van der Waals surface area (Å²) in [5.41, 5.74) is 3.56. The molecule has 0 bridgehead atoms. The maximum Gasteiger partial charge on any atom is 0.0640 e. The molecule has 0 fully saturated rings. The van der Waals surface area contributed by atoms with Gasteiger partial charge < -0.3 is 4.90 Å². The Bertz CT molecular complexity index is 2140. The molecule has 178 valence electrons. The Hall–Kier alpha value is -4.66. The molecule has 0 amide bonds. The van der Waals surface area contributed by atoms with Gasteiger partial charge in [-0.2, -0.15) is 0 Å². The lowest BCUT2D eigenvalue weighted by Gasteiger charge is -2.28. The molecule has 2 heteroatoms. The fourth-order valence-electron chi connectivity index (χ4n) is 5.94. The van der Waals surface area contributed by atoms with Crippen LogP contribution in [0.25, 0.3) is 52.5 Å². The van der Waals surface area contributed by atoms with Crippen molar-refractivity contribution in [2.75, 3.05) is 4.90 Å². The first kappa shape index (κ1) is 21.4. The van der Waals surface area contributed by atoms with Gasteiger partial charge >= 0.3 is 0 Å². The largest absolute Gasteiger partial charge is 0.308 e. The fourth-order valence-corrected chi connectivity index (χ4v) is 7.14. The summed E-state index contributed by atoms with van der Waals surface area (Å²) in [6.45, 7) is 0. The zero-order valence-electron chi connectivity index (χ0n) is 20.6. The number of para-hydroxylation sites is 1. The smallest absolute Gasteiger partial charge is 0.0640 e. The predicted octanol–water partition coefficient (Wildman–Crippen LogP) is 11.0. The molecule has 0 N–H and O–H groups in total. The van der Waals surface area contributed by atoms with E-state index < -0.39 is 0 Å². The summed E-state index contributed by atoms with van der Waals surface area (Å²) in [6.07, 6.45) is 0. The normalized spacial score (nSPS) is 11.7. The van der Waals surface area contributed by atoms with E-state index in [9.17, 15) is 0 Å².